The molecule has 0 heterocycles. The van der Waals surface area contributed by atoms with Gasteiger partial charge in [0.05, 0.1) is 5.69 Å². The van der Waals surface area contributed by atoms with E-state index in [9.17, 15) is 0 Å². The van der Waals surface area contributed by atoms with Crippen LogP contribution in [0, 0.1) is 0 Å². The zero-order valence-electron chi connectivity index (χ0n) is 31.5. The fraction of sp³-hybridized carbons (Fsp3) is 0. The molecule has 0 spiro atoms. The van der Waals surface area contributed by atoms with Crippen molar-refractivity contribution in [2.45, 2.75) is 0 Å². The van der Waals surface area contributed by atoms with E-state index in [0.717, 1.165) is 17.1 Å². The highest BCUT2D eigenvalue weighted by atomic mass is 15.1. The van der Waals surface area contributed by atoms with Crippen molar-refractivity contribution in [2.75, 3.05) is 4.90 Å². The molecule has 0 unspecified atom stereocenters. The van der Waals surface area contributed by atoms with Gasteiger partial charge in [0.2, 0.25) is 0 Å². The van der Waals surface area contributed by atoms with Crippen LogP contribution in [-0.2, 0) is 0 Å². The van der Waals surface area contributed by atoms with Gasteiger partial charge in [-0.05, 0) is 108 Å². The van der Waals surface area contributed by atoms with Crippen molar-refractivity contribution in [1.29, 1.82) is 0 Å². The Hall–Kier alpha value is -7.48. The van der Waals surface area contributed by atoms with Crippen molar-refractivity contribution in [1.82, 2.24) is 0 Å². The van der Waals surface area contributed by atoms with Gasteiger partial charge in [0, 0.05) is 16.8 Å². The average Bonchev–Trinajstić information content (AvgIpc) is 3.30. The summed E-state index contributed by atoms with van der Waals surface area (Å²) in [5.74, 6) is 0. The number of anilines is 3. The summed E-state index contributed by atoms with van der Waals surface area (Å²) in [4.78, 5) is 2.42. The maximum atomic E-state index is 2.42. The monoisotopic (exact) mass is 725 g/mol. The molecule has 0 aliphatic heterocycles. The average molecular weight is 726 g/mol. The fourth-order valence-electron chi connectivity index (χ4n) is 8.47. The lowest BCUT2D eigenvalue weighted by Crippen LogP contribution is -2.10. The Morgan fingerprint density at radius 3 is 1.28 bits per heavy atom. The molecule has 0 fully saturated rings. The topological polar surface area (TPSA) is 3.24 Å². The Morgan fingerprint density at radius 2 is 0.684 bits per heavy atom. The molecular formula is C56H39N. The van der Waals surface area contributed by atoms with E-state index in [2.05, 4.69) is 241 Å². The Labute approximate surface area is 334 Å². The highest BCUT2D eigenvalue weighted by Crippen LogP contribution is 2.49. The van der Waals surface area contributed by atoms with Gasteiger partial charge < -0.3 is 4.90 Å². The van der Waals surface area contributed by atoms with E-state index in [0.29, 0.717) is 0 Å². The zero-order chi connectivity index (χ0) is 38.0. The van der Waals surface area contributed by atoms with Gasteiger partial charge in [-0.2, -0.15) is 0 Å². The molecule has 268 valence electrons. The van der Waals surface area contributed by atoms with Gasteiger partial charge in [0.1, 0.15) is 0 Å². The van der Waals surface area contributed by atoms with Gasteiger partial charge in [-0.3, -0.25) is 0 Å². The quantitative estimate of drug-likeness (QED) is 0.141. The largest absolute Gasteiger partial charge is 0.310 e. The molecule has 0 bridgehead atoms. The number of fused-ring (bicyclic) bond motifs is 3. The van der Waals surface area contributed by atoms with E-state index < -0.39 is 0 Å². The SMILES string of the molecule is c1ccc(-c2ccc(-c3ccc(N(c4ccccc4)c4cccc5c(-c6ccccc6)c(-c6ccccc6)c6ccccc6c45)cc3)cc2-c2ccccc2)cc1. The summed E-state index contributed by atoms with van der Waals surface area (Å²) in [7, 11) is 0. The minimum absolute atomic E-state index is 1.10. The van der Waals surface area contributed by atoms with Crippen molar-refractivity contribution in [3.05, 3.63) is 237 Å². The summed E-state index contributed by atoms with van der Waals surface area (Å²) in [6.07, 6.45) is 0. The maximum Gasteiger partial charge on any atom is 0.0546 e. The molecule has 0 amide bonds. The molecule has 0 aliphatic carbocycles. The first kappa shape index (κ1) is 34.0. The predicted octanol–water partition coefficient (Wildman–Crippen LogP) is 15.8. The number of rotatable bonds is 8. The lowest BCUT2D eigenvalue weighted by atomic mass is 9.84. The Bertz CT molecular complexity index is 2960. The van der Waals surface area contributed by atoms with Gasteiger partial charge in [-0.15, -0.1) is 0 Å². The van der Waals surface area contributed by atoms with Crippen LogP contribution in [0.5, 0.6) is 0 Å². The molecule has 10 aromatic carbocycles. The molecule has 57 heavy (non-hydrogen) atoms. The van der Waals surface area contributed by atoms with E-state index in [-0.39, 0.29) is 0 Å². The Kier molecular flexibility index (Phi) is 8.95. The highest BCUT2D eigenvalue weighted by Gasteiger charge is 2.23. The lowest BCUT2D eigenvalue weighted by Gasteiger charge is -2.29. The Balaban J connectivity index is 1.17. The van der Waals surface area contributed by atoms with Gasteiger partial charge in [-0.25, -0.2) is 0 Å². The van der Waals surface area contributed by atoms with Crippen molar-refractivity contribution >= 4 is 38.6 Å². The third-order valence-corrected chi connectivity index (χ3v) is 11.1. The molecule has 10 rings (SSSR count). The predicted molar refractivity (Wildman–Crippen MR) is 243 cm³/mol. The van der Waals surface area contributed by atoms with Crippen LogP contribution in [0.1, 0.15) is 0 Å². The van der Waals surface area contributed by atoms with Gasteiger partial charge in [0.15, 0.2) is 0 Å². The lowest BCUT2D eigenvalue weighted by molar-refractivity contribution is 1.30. The molecular weight excluding hydrogens is 687 g/mol. The normalized spacial score (nSPS) is 11.2. The van der Waals surface area contributed by atoms with Gasteiger partial charge >= 0.3 is 0 Å². The van der Waals surface area contributed by atoms with Crippen LogP contribution in [0.2, 0.25) is 0 Å². The maximum absolute atomic E-state index is 2.42. The van der Waals surface area contributed by atoms with Crippen molar-refractivity contribution in [3.8, 4) is 55.6 Å². The number of hydrogen-bond donors (Lipinski definition) is 0. The number of nitrogens with zero attached hydrogens (tertiary/aromatic N) is 1. The van der Waals surface area contributed by atoms with Crippen molar-refractivity contribution in [3.63, 3.8) is 0 Å². The van der Waals surface area contributed by atoms with E-state index >= 15 is 0 Å². The van der Waals surface area contributed by atoms with E-state index in [1.54, 1.807) is 0 Å². The van der Waals surface area contributed by atoms with Gasteiger partial charge in [-0.1, -0.05) is 200 Å². The molecule has 0 N–H and O–H groups in total. The molecule has 1 heteroatoms. The first-order chi connectivity index (χ1) is 28.3. The van der Waals surface area contributed by atoms with E-state index in [4.69, 9.17) is 0 Å². The minimum atomic E-state index is 1.10. The number of para-hydroxylation sites is 1. The molecule has 1 nitrogen and oxygen atoms in total. The van der Waals surface area contributed by atoms with Crippen LogP contribution >= 0.6 is 0 Å². The summed E-state index contributed by atoms with van der Waals surface area (Å²) in [6.45, 7) is 0. The molecule has 10 aromatic rings. The highest BCUT2D eigenvalue weighted by molar-refractivity contribution is 6.25. The third-order valence-electron chi connectivity index (χ3n) is 11.1. The Morgan fingerprint density at radius 1 is 0.246 bits per heavy atom. The van der Waals surface area contributed by atoms with Crippen LogP contribution in [0.4, 0.5) is 17.1 Å². The zero-order valence-corrected chi connectivity index (χ0v) is 31.5. The van der Waals surface area contributed by atoms with Crippen LogP contribution in [0.25, 0.3) is 77.2 Å². The summed E-state index contributed by atoms with van der Waals surface area (Å²) in [5, 5.41) is 4.91. The molecule has 0 aromatic heterocycles. The van der Waals surface area contributed by atoms with Crippen molar-refractivity contribution in [2.24, 2.45) is 0 Å². The van der Waals surface area contributed by atoms with Crippen molar-refractivity contribution < 1.29 is 0 Å². The molecule has 0 radical (unpaired) electrons. The summed E-state index contributed by atoms with van der Waals surface area (Å²) < 4.78 is 0. The van der Waals surface area contributed by atoms with Crippen LogP contribution in [-0.4, -0.2) is 0 Å². The smallest absolute Gasteiger partial charge is 0.0546 e. The second kappa shape index (κ2) is 15.0. The molecule has 0 atom stereocenters. The molecule has 0 saturated carbocycles. The third kappa shape index (κ3) is 6.36. The molecule has 0 aliphatic rings. The second-order valence-electron chi connectivity index (χ2n) is 14.4. The van der Waals surface area contributed by atoms with Gasteiger partial charge in [0.25, 0.3) is 0 Å². The summed E-state index contributed by atoms with van der Waals surface area (Å²) in [6, 6.07) is 85.5. The van der Waals surface area contributed by atoms with Crippen LogP contribution in [0.15, 0.2) is 237 Å². The standard InChI is InChI=1S/C56H39N/c1-6-19-41(20-7-1)48-38-35-45(39-52(48)42-21-8-2-9-22-42)40-33-36-47(37-34-40)57(46-27-14-5-15-28-46)53-32-18-31-51-55(44-25-12-4-13-26-44)54(43-23-10-3-11-24-43)49-29-16-17-30-50(49)56(51)53/h1-39H. The first-order valence-corrected chi connectivity index (χ1v) is 19.6. The molecule has 0 saturated heterocycles. The first-order valence-electron chi connectivity index (χ1n) is 19.6. The van der Waals surface area contributed by atoms with E-state index in [1.165, 1.54) is 77.2 Å². The second-order valence-corrected chi connectivity index (χ2v) is 14.4. The summed E-state index contributed by atoms with van der Waals surface area (Å²) in [5.41, 5.74) is 15.5. The van der Waals surface area contributed by atoms with Crippen LogP contribution < -0.4 is 4.90 Å². The number of hydrogen-bond acceptors (Lipinski definition) is 1. The fourth-order valence-corrected chi connectivity index (χ4v) is 8.47. The number of benzene rings is 10. The van der Waals surface area contributed by atoms with E-state index in [1.807, 2.05) is 0 Å². The minimum Gasteiger partial charge on any atom is -0.310 e. The van der Waals surface area contributed by atoms with Crippen LogP contribution in [0.3, 0.4) is 0 Å². The summed E-state index contributed by atoms with van der Waals surface area (Å²) >= 11 is 0.